The first-order valence-electron chi connectivity index (χ1n) is 8.36. The molecule has 25 heavy (non-hydrogen) atoms. The van der Waals surface area contributed by atoms with Crippen LogP contribution >= 0.6 is 11.8 Å². The molecule has 1 saturated heterocycles. The van der Waals surface area contributed by atoms with Crippen LogP contribution in [-0.2, 0) is 9.31 Å². The third-order valence-corrected chi connectivity index (χ3v) is 5.85. The van der Waals surface area contributed by atoms with Crippen LogP contribution in [0.1, 0.15) is 38.1 Å². The van der Waals surface area contributed by atoms with Gasteiger partial charge in [-0.2, -0.15) is 0 Å². The summed E-state index contributed by atoms with van der Waals surface area (Å²) < 4.78 is 12.2. The van der Waals surface area contributed by atoms with E-state index in [0.717, 1.165) is 22.9 Å². The summed E-state index contributed by atoms with van der Waals surface area (Å²) >= 11 is 1.70. The summed E-state index contributed by atoms with van der Waals surface area (Å²) in [7, 11) is -0.531. The molecule has 0 radical (unpaired) electrons. The van der Waals surface area contributed by atoms with E-state index in [1.165, 1.54) is 4.90 Å². The molecule has 1 aliphatic rings. The maximum atomic E-state index is 11.7. The van der Waals surface area contributed by atoms with Crippen LogP contribution in [0, 0.1) is 0 Å². The second kappa shape index (κ2) is 6.63. The van der Waals surface area contributed by atoms with Gasteiger partial charge in [0.1, 0.15) is 6.29 Å². The molecule has 0 aromatic heterocycles. The van der Waals surface area contributed by atoms with Gasteiger partial charge >= 0.3 is 7.12 Å². The first-order valence-corrected chi connectivity index (χ1v) is 9.59. The largest absolute Gasteiger partial charge is 0.495 e. The molecule has 5 heteroatoms. The Kier molecular flexibility index (Phi) is 4.84. The van der Waals surface area contributed by atoms with Gasteiger partial charge in [-0.3, -0.25) is 4.79 Å². The van der Waals surface area contributed by atoms with Crippen LogP contribution in [0.4, 0.5) is 0 Å². The molecular weight excluding hydrogens is 331 g/mol. The van der Waals surface area contributed by atoms with E-state index in [2.05, 4.69) is 24.5 Å². The van der Waals surface area contributed by atoms with Gasteiger partial charge in [-0.05, 0) is 68.7 Å². The summed E-state index contributed by atoms with van der Waals surface area (Å²) in [6.07, 6.45) is 2.93. The predicted molar refractivity (Wildman–Crippen MR) is 105 cm³/mol. The summed E-state index contributed by atoms with van der Waals surface area (Å²) in [5, 5.41) is 0. The highest BCUT2D eigenvalue weighted by Gasteiger charge is 2.52. The molecule has 0 saturated carbocycles. The van der Waals surface area contributed by atoms with Crippen molar-refractivity contribution in [1.82, 2.24) is 0 Å². The van der Waals surface area contributed by atoms with Crippen LogP contribution in [0.5, 0.6) is 0 Å². The van der Waals surface area contributed by atoms with Crippen LogP contribution in [0.2, 0.25) is 0 Å². The van der Waals surface area contributed by atoms with E-state index in [9.17, 15) is 4.79 Å². The fourth-order valence-corrected chi connectivity index (χ4v) is 3.30. The first-order chi connectivity index (χ1) is 11.8. The molecular formula is C20H23BO3S. The van der Waals surface area contributed by atoms with Crippen molar-refractivity contribution >= 4 is 30.6 Å². The van der Waals surface area contributed by atoms with Crippen molar-refractivity contribution in [1.29, 1.82) is 0 Å². The van der Waals surface area contributed by atoms with E-state index in [-0.39, 0.29) is 0 Å². The van der Waals surface area contributed by atoms with Crippen molar-refractivity contribution in [3.63, 3.8) is 0 Å². The van der Waals surface area contributed by atoms with Gasteiger partial charge in [0.2, 0.25) is 0 Å². The fourth-order valence-electron chi connectivity index (χ4n) is 2.84. The van der Waals surface area contributed by atoms with E-state index in [0.29, 0.717) is 5.56 Å². The normalized spacial score (nSPS) is 18.4. The number of thioether (sulfide) groups is 1. The highest BCUT2D eigenvalue weighted by atomic mass is 32.2. The highest BCUT2D eigenvalue weighted by molar-refractivity contribution is 7.98. The fraction of sp³-hybridized carbons (Fsp3) is 0.350. The van der Waals surface area contributed by atoms with Gasteiger partial charge in [0.25, 0.3) is 0 Å². The van der Waals surface area contributed by atoms with Crippen LogP contribution < -0.4 is 5.46 Å². The summed E-state index contributed by atoms with van der Waals surface area (Å²) in [4.78, 5) is 12.9. The molecule has 0 spiro atoms. The second-order valence-electron chi connectivity index (χ2n) is 7.28. The maximum absolute atomic E-state index is 11.7. The van der Waals surface area contributed by atoms with E-state index >= 15 is 0 Å². The number of benzene rings is 2. The number of hydrogen-bond acceptors (Lipinski definition) is 4. The summed E-state index contributed by atoms with van der Waals surface area (Å²) in [6, 6.07) is 14.2. The minimum Gasteiger partial charge on any atom is -0.399 e. The van der Waals surface area contributed by atoms with Crippen molar-refractivity contribution in [2.75, 3.05) is 6.26 Å². The minimum atomic E-state index is -0.531. The first kappa shape index (κ1) is 18.2. The van der Waals surface area contributed by atoms with E-state index in [4.69, 9.17) is 9.31 Å². The van der Waals surface area contributed by atoms with E-state index in [1.807, 2.05) is 52.0 Å². The van der Waals surface area contributed by atoms with Gasteiger partial charge in [-0.15, -0.1) is 11.8 Å². The van der Waals surface area contributed by atoms with Gasteiger partial charge < -0.3 is 9.31 Å². The second-order valence-corrected chi connectivity index (χ2v) is 8.16. The molecule has 0 bridgehead atoms. The number of carbonyl (C=O) groups excluding carboxylic acids is 1. The number of carbonyl (C=O) groups is 1. The standard InChI is InChI=1S/C20H23BO3S/c1-19(2)20(3,4)24-21(23-19)18-10-9-15(11-16(18)13-22)14-7-6-8-17(12-14)25-5/h6-13H,1-5H3. The predicted octanol–water partition coefficient (Wildman–Crippen LogP) is 4.19. The molecule has 1 fully saturated rings. The lowest BCUT2D eigenvalue weighted by atomic mass is 9.75. The van der Waals surface area contributed by atoms with Crippen LogP contribution in [-0.4, -0.2) is 30.9 Å². The average Bonchev–Trinajstić information content (AvgIpc) is 2.82. The molecule has 3 rings (SSSR count). The molecule has 0 N–H and O–H groups in total. The third kappa shape index (κ3) is 3.41. The summed E-state index contributed by atoms with van der Waals surface area (Å²) in [6.45, 7) is 8.04. The zero-order chi connectivity index (χ0) is 18.2. The van der Waals surface area contributed by atoms with Gasteiger partial charge in [0, 0.05) is 10.5 Å². The molecule has 0 atom stereocenters. The topological polar surface area (TPSA) is 35.5 Å². The summed E-state index contributed by atoms with van der Waals surface area (Å²) in [5.41, 5.74) is 2.63. The monoisotopic (exact) mass is 354 g/mol. The zero-order valence-corrected chi connectivity index (χ0v) is 16.1. The smallest absolute Gasteiger partial charge is 0.399 e. The number of rotatable bonds is 4. The molecule has 0 aliphatic carbocycles. The van der Waals surface area contributed by atoms with Crippen LogP contribution in [0.25, 0.3) is 11.1 Å². The van der Waals surface area contributed by atoms with Crippen molar-refractivity contribution in [2.45, 2.75) is 43.8 Å². The molecule has 1 aliphatic heterocycles. The molecule has 130 valence electrons. The zero-order valence-electron chi connectivity index (χ0n) is 15.3. The van der Waals surface area contributed by atoms with Gasteiger partial charge in [-0.1, -0.05) is 24.3 Å². The van der Waals surface area contributed by atoms with Crippen molar-refractivity contribution in [3.05, 3.63) is 48.0 Å². The molecule has 0 amide bonds. The van der Waals surface area contributed by atoms with Gasteiger partial charge in [0.15, 0.2) is 0 Å². The Labute approximate surface area is 154 Å². The Bertz CT molecular complexity index is 785. The van der Waals surface area contributed by atoms with Crippen LogP contribution in [0.15, 0.2) is 47.4 Å². The van der Waals surface area contributed by atoms with Crippen molar-refractivity contribution < 1.29 is 14.1 Å². The lowest BCUT2D eigenvalue weighted by Gasteiger charge is -2.32. The van der Waals surface area contributed by atoms with Crippen molar-refractivity contribution in [2.24, 2.45) is 0 Å². The Morgan fingerprint density at radius 1 is 0.960 bits per heavy atom. The number of hydrogen-bond donors (Lipinski definition) is 0. The SMILES string of the molecule is CSc1cccc(-c2ccc(B3OC(C)(C)C(C)(C)O3)c(C=O)c2)c1. The Morgan fingerprint density at radius 2 is 1.60 bits per heavy atom. The minimum absolute atomic E-state index is 0.427. The maximum Gasteiger partial charge on any atom is 0.495 e. The van der Waals surface area contributed by atoms with E-state index < -0.39 is 18.3 Å². The number of aldehydes is 1. The average molecular weight is 354 g/mol. The van der Waals surface area contributed by atoms with Crippen molar-refractivity contribution in [3.8, 4) is 11.1 Å². The molecule has 3 nitrogen and oxygen atoms in total. The highest BCUT2D eigenvalue weighted by Crippen LogP contribution is 2.37. The lowest BCUT2D eigenvalue weighted by Crippen LogP contribution is -2.41. The Hall–Kier alpha value is -1.56. The molecule has 0 unspecified atom stereocenters. The van der Waals surface area contributed by atoms with E-state index in [1.54, 1.807) is 11.8 Å². The Balaban J connectivity index is 1.97. The third-order valence-electron chi connectivity index (χ3n) is 5.12. The van der Waals surface area contributed by atoms with Gasteiger partial charge in [0.05, 0.1) is 11.2 Å². The lowest BCUT2D eigenvalue weighted by molar-refractivity contribution is 0.00578. The van der Waals surface area contributed by atoms with Gasteiger partial charge in [-0.25, -0.2) is 0 Å². The summed E-state index contributed by atoms with van der Waals surface area (Å²) in [5.74, 6) is 0. The quantitative estimate of drug-likeness (QED) is 0.469. The Morgan fingerprint density at radius 3 is 2.20 bits per heavy atom. The molecule has 2 aromatic rings. The molecule has 2 aromatic carbocycles. The van der Waals surface area contributed by atoms with Crippen LogP contribution in [0.3, 0.4) is 0 Å². The molecule has 1 heterocycles.